The monoisotopic (exact) mass is 278 g/mol. The number of benzene rings is 1. The molecule has 3 N–H and O–H groups in total. The molecule has 0 aliphatic carbocycles. The Kier molecular flexibility index (Phi) is 4.98. The molecule has 1 aromatic rings. The van der Waals surface area contributed by atoms with Gasteiger partial charge in [0.1, 0.15) is 11.8 Å². The molecule has 2 rings (SSSR count). The van der Waals surface area contributed by atoms with Gasteiger partial charge in [-0.05, 0) is 44.0 Å². The predicted molar refractivity (Wildman–Crippen MR) is 76.7 cm³/mol. The maximum Gasteiger partial charge on any atom is 0.240 e. The second kappa shape index (κ2) is 6.72. The molecule has 0 bridgehead atoms. The van der Waals surface area contributed by atoms with Gasteiger partial charge in [0.2, 0.25) is 5.91 Å². The lowest BCUT2D eigenvalue weighted by Gasteiger charge is -2.19. The Bertz CT molecular complexity index is 447. The maximum atomic E-state index is 12.0. The SMILES string of the molecule is COc1ccc(CC(C)NC(=O)C2NCCC2O)cc1. The van der Waals surface area contributed by atoms with Gasteiger partial charge in [0.05, 0.1) is 13.2 Å². The summed E-state index contributed by atoms with van der Waals surface area (Å²) in [5.41, 5.74) is 1.14. The van der Waals surface area contributed by atoms with Crippen molar-refractivity contribution in [1.29, 1.82) is 0 Å². The van der Waals surface area contributed by atoms with Crippen LogP contribution in [-0.2, 0) is 11.2 Å². The molecule has 1 fully saturated rings. The van der Waals surface area contributed by atoms with Crippen LogP contribution < -0.4 is 15.4 Å². The second-order valence-corrected chi connectivity index (χ2v) is 5.25. The molecule has 0 radical (unpaired) electrons. The molecule has 3 unspecified atom stereocenters. The van der Waals surface area contributed by atoms with E-state index in [1.165, 1.54) is 0 Å². The number of methoxy groups -OCH3 is 1. The summed E-state index contributed by atoms with van der Waals surface area (Å²) < 4.78 is 5.11. The van der Waals surface area contributed by atoms with E-state index in [1.54, 1.807) is 7.11 Å². The molecule has 0 aromatic heterocycles. The first-order valence-corrected chi connectivity index (χ1v) is 6.95. The van der Waals surface area contributed by atoms with Crippen LogP contribution in [0.25, 0.3) is 0 Å². The number of carbonyl (C=O) groups excluding carboxylic acids is 1. The molecule has 0 spiro atoms. The van der Waals surface area contributed by atoms with Crippen molar-refractivity contribution in [3.05, 3.63) is 29.8 Å². The minimum Gasteiger partial charge on any atom is -0.497 e. The quantitative estimate of drug-likeness (QED) is 0.732. The molecule has 3 atom stereocenters. The molecule has 1 aromatic carbocycles. The Labute approximate surface area is 119 Å². The lowest BCUT2D eigenvalue weighted by atomic mass is 10.1. The van der Waals surface area contributed by atoms with E-state index in [2.05, 4.69) is 10.6 Å². The number of ether oxygens (including phenoxy) is 1. The number of rotatable bonds is 5. The third kappa shape index (κ3) is 3.71. The van der Waals surface area contributed by atoms with E-state index in [4.69, 9.17) is 4.74 Å². The Balaban J connectivity index is 1.85. The topological polar surface area (TPSA) is 70.6 Å². The molecule has 20 heavy (non-hydrogen) atoms. The van der Waals surface area contributed by atoms with Gasteiger partial charge in [0.25, 0.3) is 0 Å². The molecule has 5 heteroatoms. The summed E-state index contributed by atoms with van der Waals surface area (Å²) in [6.45, 7) is 2.65. The lowest BCUT2D eigenvalue weighted by Crippen LogP contribution is -2.49. The van der Waals surface area contributed by atoms with Gasteiger partial charge >= 0.3 is 0 Å². The van der Waals surface area contributed by atoms with Crippen molar-refractivity contribution in [2.75, 3.05) is 13.7 Å². The van der Waals surface area contributed by atoms with Crippen molar-refractivity contribution < 1.29 is 14.6 Å². The number of aliphatic hydroxyl groups is 1. The van der Waals surface area contributed by atoms with Gasteiger partial charge in [0, 0.05) is 6.04 Å². The van der Waals surface area contributed by atoms with E-state index in [-0.39, 0.29) is 11.9 Å². The highest BCUT2D eigenvalue weighted by molar-refractivity contribution is 5.83. The van der Waals surface area contributed by atoms with E-state index in [0.29, 0.717) is 13.0 Å². The molecule has 1 amide bonds. The third-order valence-corrected chi connectivity index (χ3v) is 3.56. The minimum absolute atomic E-state index is 0.0190. The number of nitrogens with one attached hydrogen (secondary N) is 2. The lowest BCUT2D eigenvalue weighted by molar-refractivity contribution is -0.125. The maximum absolute atomic E-state index is 12.0. The normalized spacial score (nSPS) is 23.4. The average Bonchev–Trinajstić information content (AvgIpc) is 2.86. The van der Waals surface area contributed by atoms with E-state index in [0.717, 1.165) is 17.7 Å². The molecule has 0 saturated carbocycles. The highest BCUT2D eigenvalue weighted by atomic mass is 16.5. The number of amides is 1. The summed E-state index contributed by atoms with van der Waals surface area (Å²) in [7, 11) is 1.64. The highest BCUT2D eigenvalue weighted by Gasteiger charge is 2.31. The summed E-state index contributed by atoms with van der Waals surface area (Å²) in [6, 6.07) is 7.34. The van der Waals surface area contributed by atoms with Crippen LogP contribution in [0, 0.1) is 0 Å². The van der Waals surface area contributed by atoms with Gasteiger partial charge < -0.3 is 20.5 Å². The molecular weight excluding hydrogens is 256 g/mol. The van der Waals surface area contributed by atoms with Crippen LogP contribution in [0.4, 0.5) is 0 Å². The highest BCUT2D eigenvalue weighted by Crippen LogP contribution is 2.13. The number of hydrogen-bond donors (Lipinski definition) is 3. The summed E-state index contributed by atoms with van der Waals surface area (Å²) in [5.74, 6) is 0.694. The van der Waals surface area contributed by atoms with Crippen LogP contribution in [0.3, 0.4) is 0 Å². The Morgan fingerprint density at radius 3 is 2.75 bits per heavy atom. The summed E-state index contributed by atoms with van der Waals surface area (Å²) in [6.07, 6.45) is 0.798. The van der Waals surface area contributed by atoms with Gasteiger partial charge in [-0.3, -0.25) is 4.79 Å². The van der Waals surface area contributed by atoms with Crippen molar-refractivity contribution in [3.8, 4) is 5.75 Å². The Hall–Kier alpha value is -1.59. The van der Waals surface area contributed by atoms with Crippen LogP contribution in [0.15, 0.2) is 24.3 Å². The van der Waals surface area contributed by atoms with Gasteiger partial charge in [-0.2, -0.15) is 0 Å². The molecule has 110 valence electrons. The molecule has 1 saturated heterocycles. The van der Waals surface area contributed by atoms with E-state index in [1.807, 2.05) is 31.2 Å². The summed E-state index contributed by atoms with van der Waals surface area (Å²) in [4.78, 5) is 12.0. The van der Waals surface area contributed by atoms with Crippen molar-refractivity contribution in [2.45, 2.75) is 38.0 Å². The molecule has 5 nitrogen and oxygen atoms in total. The number of aliphatic hydroxyl groups excluding tert-OH is 1. The fraction of sp³-hybridized carbons (Fsp3) is 0.533. The zero-order chi connectivity index (χ0) is 14.5. The standard InChI is InChI=1S/C15H22N2O3/c1-10(9-11-3-5-12(20-2)6-4-11)17-15(19)14-13(18)7-8-16-14/h3-6,10,13-14,16,18H,7-9H2,1-2H3,(H,17,19). The first-order chi connectivity index (χ1) is 9.60. The van der Waals surface area contributed by atoms with Crippen molar-refractivity contribution in [2.24, 2.45) is 0 Å². The predicted octanol–water partition coefficient (Wildman–Crippen LogP) is 0.465. The molecule has 1 aliphatic rings. The molecule has 1 aliphatic heterocycles. The van der Waals surface area contributed by atoms with Crippen LogP contribution >= 0.6 is 0 Å². The van der Waals surface area contributed by atoms with Crippen LogP contribution in [0.2, 0.25) is 0 Å². The van der Waals surface area contributed by atoms with Gasteiger partial charge in [-0.25, -0.2) is 0 Å². The number of carbonyl (C=O) groups is 1. The van der Waals surface area contributed by atoms with E-state index in [9.17, 15) is 9.90 Å². The fourth-order valence-corrected chi connectivity index (χ4v) is 2.46. The molecule has 1 heterocycles. The van der Waals surface area contributed by atoms with Crippen molar-refractivity contribution in [3.63, 3.8) is 0 Å². The third-order valence-electron chi connectivity index (χ3n) is 3.56. The zero-order valence-corrected chi connectivity index (χ0v) is 11.9. The molecular formula is C15H22N2O3. The van der Waals surface area contributed by atoms with Gasteiger partial charge in [-0.15, -0.1) is 0 Å². The smallest absolute Gasteiger partial charge is 0.240 e. The van der Waals surface area contributed by atoms with Crippen LogP contribution in [0.5, 0.6) is 5.75 Å². The van der Waals surface area contributed by atoms with Gasteiger partial charge in [-0.1, -0.05) is 12.1 Å². The first-order valence-electron chi connectivity index (χ1n) is 6.95. The fourth-order valence-electron chi connectivity index (χ4n) is 2.46. The average molecular weight is 278 g/mol. The Morgan fingerprint density at radius 2 is 2.20 bits per heavy atom. The minimum atomic E-state index is -0.580. The first kappa shape index (κ1) is 14.8. The zero-order valence-electron chi connectivity index (χ0n) is 11.9. The van der Waals surface area contributed by atoms with Crippen molar-refractivity contribution >= 4 is 5.91 Å². The van der Waals surface area contributed by atoms with Crippen molar-refractivity contribution in [1.82, 2.24) is 10.6 Å². The largest absolute Gasteiger partial charge is 0.497 e. The van der Waals surface area contributed by atoms with Gasteiger partial charge in [0.15, 0.2) is 0 Å². The summed E-state index contributed by atoms with van der Waals surface area (Å²) in [5, 5.41) is 15.6. The van der Waals surface area contributed by atoms with E-state index < -0.39 is 12.1 Å². The van der Waals surface area contributed by atoms with Crippen LogP contribution in [-0.4, -0.2) is 42.9 Å². The van der Waals surface area contributed by atoms with Crippen LogP contribution in [0.1, 0.15) is 18.9 Å². The van der Waals surface area contributed by atoms with E-state index >= 15 is 0 Å². The summed E-state index contributed by atoms with van der Waals surface area (Å²) >= 11 is 0. The number of hydrogen-bond acceptors (Lipinski definition) is 4. The second-order valence-electron chi connectivity index (χ2n) is 5.25. The Morgan fingerprint density at radius 1 is 1.50 bits per heavy atom.